The molecule has 0 spiro atoms. The Morgan fingerprint density at radius 3 is 2.48 bits per heavy atom. The van der Waals surface area contributed by atoms with E-state index >= 15 is 0 Å². The Hall–Kier alpha value is -3.37. The zero-order chi connectivity index (χ0) is 20.5. The van der Waals surface area contributed by atoms with E-state index in [0.29, 0.717) is 38.8 Å². The predicted molar refractivity (Wildman–Crippen MR) is 112 cm³/mol. The molecular formula is C24H17ClO4. The molecule has 0 saturated heterocycles. The molecule has 0 atom stereocenters. The van der Waals surface area contributed by atoms with Crippen LogP contribution in [0.1, 0.15) is 37.4 Å². The smallest absolute Gasteiger partial charge is 0.343 e. The topological polar surface area (TPSA) is 52.6 Å². The molecule has 0 N–H and O–H groups in total. The van der Waals surface area contributed by atoms with Crippen molar-refractivity contribution in [2.45, 2.75) is 13.8 Å². The molecule has 3 aromatic carbocycles. The number of hydrogen-bond acceptors (Lipinski definition) is 4. The molecule has 0 saturated carbocycles. The van der Waals surface area contributed by atoms with E-state index < -0.39 is 5.97 Å². The number of aryl methyl sites for hydroxylation is 1. The SMILES string of the molecule is Cc1ccccc1C(=O)Oc1ccc2c(c1C)O/C(=C\c1ccccc1Cl)C2=O. The molecule has 29 heavy (non-hydrogen) atoms. The quantitative estimate of drug-likeness (QED) is 0.315. The minimum Gasteiger partial charge on any atom is -0.452 e. The second kappa shape index (κ2) is 7.57. The lowest BCUT2D eigenvalue weighted by Gasteiger charge is -2.11. The van der Waals surface area contributed by atoms with Crippen LogP contribution in [0.25, 0.3) is 6.08 Å². The Bertz CT molecular complexity index is 1180. The van der Waals surface area contributed by atoms with E-state index in [1.165, 1.54) is 0 Å². The molecule has 0 unspecified atom stereocenters. The van der Waals surface area contributed by atoms with Gasteiger partial charge in [0.1, 0.15) is 11.5 Å². The van der Waals surface area contributed by atoms with Gasteiger partial charge in [0.2, 0.25) is 5.78 Å². The van der Waals surface area contributed by atoms with E-state index in [9.17, 15) is 9.59 Å². The van der Waals surface area contributed by atoms with Crippen LogP contribution in [0.15, 0.2) is 66.4 Å². The van der Waals surface area contributed by atoms with Crippen molar-refractivity contribution >= 4 is 29.4 Å². The zero-order valence-electron chi connectivity index (χ0n) is 15.9. The molecule has 3 aromatic rings. The van der Waals surface area contributed by atoms with Gasteiger partial charge in [-0.25, -0.2) is 4.79 Å². The van der Waals surface area contributed by atoms with E-state index in [4.69, 9.17) is 21.1 Å². The first-order valence-corrected chi connectivity index (χ1v) is 9.43. The fraction of sp³-hybridized carbons (Fsp3) is 0.0833. The summed E-state index contributed by atoms with van der Waals surface area (Å²) in [5.41, 5.74) is 3.02. The van der Waals surface area contributed by atoms with E-state index in [1.807, 2.05) is 31.2 Å². The van der Waals surface area contributed by atoms with Gasteiger partial charge in [-0.15, -0.1) is 0 Å². The molecule has 0 radical (unpaired) electrons. The van der Waals surface area contributed by atoms with Gasteiger partial charge in [0.15, 0.2) is 5.76 Å². The Morgan fingerprint density at radius 2 is 1.72 bits per heavy atom. The number of esters is 1. The van der Waals surface area contributed by atoms with Crippen molar-refractivity contribution in [3.05, 3.63) is 99.3 Å². The summed E-state index contributed by atoms with van der Waals surface area (Å²) < 4.78 is 11.4. The molecule has 0 fully saturated rings. The number of benzene rings is 3. The normalized spacial score (nSPS) is 13.9. The van der Waals surface area contributed by atoms with Crippen LogP contribution >= 0.6 is 11.6 Å². The zero-order valence-corrected chi connectivity index (χ0v) is 16.6. The first-order chi connectivity index (χ1) is 14.0. The van der Waals surface area contributed by atoms with E-state index in [-0.39, 0.29) is 11.5 Å². The molecule has 1 heterocycles. The Morgan fingerprint density at radius 1 is 1.00 bits per heavy atom. The van der Waals surface area contributed by atoms with Crippen LogP contribution in [0.2, 0.25) is 5.02 Å². The Labute approximate surface area is 173 Å². The number of ether oxygens (including phenoxy) is 2. The molecular weight excluding hydrogens is 388 g/mol. The molecule has 1 aliphatic heterocycles. The molecule has 144 valence electrons. The third-order valence-corrected chi connectivity index (χ3v) is 5.14. The van der Waals surface area contributed by atoms with Gasteiger partial charge in [-0.3, -0.25) is 4.79 Å². The van der Waals surface area contributed by atoms with Gasteiger partial charge in [-0.05, 0) is 55.3 Å². The fourth-order valence-corrected chi connectivity index (χ4v) is 3.36. The van der Waals surface area contributed by atoms with Crippen LogP contribution in [0, 0.1) is 13.8 Å². The minimum atomic E-state index is -0.456. The lowest BCUT2D eigenvalue weighted by atomic mass is 10.1. The Balaban J connectivity index is 1.64. The van der Waals surface area contributed by atoms with Crippen LogP contribution in [-0.2, 0) is 0 Å². The number of ketones is 1. The van der Waals surface area contributed by atoms with Crippen molar-refractivity contribution in [3.8, 4) is 11.5 Å². The molecule has 4 nitrogen and oxygen atoms in total. The fourth-order valence-electron chi connectivity index (χ4n) is 3.17. The molecule has 0 bridgehead atoms. The summed E-state index contributed by atoms with van der Waals surface area (Å²) in [5.74, 6) is 0.230. The maximum Gasteiger partial charge on any atom is 0.343 e. The highest BCUT2D eigenvalue weighted by molar-refractivity contribution is 6.32. The summed E-state index contributed by atoms with van der Waals surface area (Å²) in [6.45, 7) is 3.60. The summed E-state index contributed by atoms with van der Waals surface area (Å²) in [6, 6.07) is 17.6. The number of allylic oxidation sites excluding steroid dienone is 1. The van der Waals surface area contributed by atoms with Gasteiger partial charge in [-0.1, -0.05) is 48.0 Å². The van der Waals surface area contributed by atoms with Gasteiger partial charge in [0, 0.05) is 10.6 Å². The lowest BCUT2D eigenvalue weighted by Crippen LogP contribution is -2.11. The average molecular weight is 405 g/mol. The van der Waals surface area contributed by atoms with Crippen molar-refractivity contribution < 1.29 is 19.1 Å². The van der Waals surface area contributed by atoms with Gasteiger partial charge in [0.05, 0.1) is 11.1 Å². The highest BCUT2D eigenvalue weighted by Gasteiger charge is 2.30. The third kappa shape index (κ3) is 3.55. The van der Waals surface area contributed by atoms with Crippen molar-refractivity contribution in [3.63, 3.8) is 0 Å². The molecule has 0 amide bonds. The van der Waals surface area contributed by atoms with Crippen LogP contribution in [0.4, 0.5) is 0 Å². The molecule has 5 heteroatoms. The van der Waals surface area contributed by atoms with Crippen molar-refractivity contribution in [2.75, 3.05) is 0 Å². The maximum absolute atomic E-state index is 12.7. The van der Waals surface area contributed by atoms with Crippen molar-refractivity contribution in [2.24, 2.45) is 0 Å². The summed E-state index contributed by atoms with van der Waals surface area (Å²) in [4.78, 5) is 25.3. The monoisotopic (exact) mass is 404 g/mol. The number of carbonyl (C=O) groups excluding carboxylic acids is 2. The molecule has 4 rings (SSSR count). The second-order valence-electron chi connectivity index (χ2n) is 6.73. The lowest BCUT2D eigenvalue weighted by molar-refractivity contribution is 0.0732. The maximum atomic E-state index is 12.7. The van der Waals surface area contributed by atoms with Gasteiger partial charge in [-0.2, -0.15) is 0 Å². The summed E-state index contributed by atoms with van der Waals surface area (Å²) in [5, 5.41) is 0.525. The third-order valence-electron chi connectivity index (χ3n) is 4.80. The van der Waals surface area contributed by atoms with Gasteiger partial charge >= 0.3 is 5.97 Å². The molecule has 0 aromatic heterocycles. The first kappa shape index (κ1) is 19.0. The Kier molecular flexibility index (Phi) is 4.95. The predicted octanol–water partition coefficient (Wildman–Crippen LogP) is 5.79. The number of carbonyl (C=O) groups is 2. The first-order valence-electron chi connectivity index (χ1n) is 9.06. The van der Waals surface area contributed by atoms with E-state index in [0.717, 1.165) is 5.56 Å². The number of fused-ring (bicyclic) bond motifs is 1. The number of rotatable bonds is 3. The standard InChI is InChI=1S/C24H17ClO4/c1-14-7-3-5-9-17(14)24(27)29-20-12-11-18-22(26)21(28-23(18)15(20)2)13-16-8-4-6-10-19(16)25/h3-13H,1-2H3/b21-13-. The van der Waals surface area contributed by atoms with Crippen LogP contribution < -0.4 is 9.47 Å². The van der Waals surface area contributed by atoms with E-state index in [1.54, 1.807) is 49.4 Å². The summed E-state index contributed by atoms with van der Waals surface area (Å²) in [6.07, 6.45) is 1.61. The van der Waals surface area contributed by atoms with Crippen molar-refractivity contribution in [1.82, 2.24) is 0 Å². The van der Waals surface area contributed by atoms with Gasteiger partial charge in [0.25, 0.3) is 0 Å². The van der Waals surface area contributed by atoms with Crippen LogP contribution in [0.5, 0.6) is 11.5 Å². The van der Waals surface area contributed by atoms with Crippen molar-refractivity contribution in [1.29, 1.82) is 0 Å². The minimum absolute atomic E-state index is 0.179. The van der Waals surface area contributed by atoms with Crippen LogP contribution in [0.3, 0.4) is 0 Å². The van der Waals surface area contributed by atoms with Gasteiger partial charge < -0.3 is 9.47 Å². The number of hydrogen-bond donors (Lipinski definition) is 0. The number of Topliss-reactive ketones (excluding diaryl/α,β-unsaturated/α-hetero) is 1. The number of halogens is 1. The van der Waals surface area contributed by atoms with Crippen LogP contribution in [-0.4, -0.2) is 11.8 Å². The highest BCUT2D eigenvalue weighted by atomic mass is 35.5. The largest absolute Gasteiger partial charge is 0.452 e. The molecule has 0 aliphatic carbocycles. The highest BCUT2D eigenvalue weighted by Crippen LogP contribution is 2.39. The molecule has 1 aliphatic rings. The van der Waals surface area contributed by atoms with E-state index in [2.05, 4.69) is 0 Å². The summed E-state index contributed by atoms with van der Waals surface area (Å²) in [7, 11) is 0. The summed E-state index contributed by atoms with van der Waals surface area (Å²) >= 11 is 6.18. The average Bonchev–Trinajstić information content (AvgIpc) is 3.02. The second-order valence-corrected chi connectivity index (χ2v) is 7.14.